The standard InChI is InChI=1S/C26H26N6O3.ClH/c1-32-22-12-9-18(26(34)35-14-13-24(33)30-20-5-3-2-4-6-20)15-21(22)31-23(32)16-29-19-10-7-17(8-11-19)25(27)28;/h2-12,15,29H,13-14,16H2,1H3,(H3,27,28)(H,30,33);1H. The van der Waals surface area contributed by atoms with E-state index in [1.165, 1.54) is 0 Å². The summed E-state index contributed by atoms with van der Waals surface area (Å²) in [5, 5.41) is 13.5. The number of halogens is 1. The Morgan fingerprint density at radius 2 is 1.69 bits per heavy atom. The Kier molecular flexibility index (Phi) is 8.64. The summed E-state index contributed by atoms with van der Waals surface area (Å²) in [6.45, 7) is 0.455. The molecule has 0 bridgehead atoms. The number of carbonyl (C=O) groups excluding carboxylic acids is 2. The molecule has 1 heterocycles. The Hall–Kier alpha value is -4.37. The van der Waals surface area contributed by atoms with Crippen molar-refractivity contribution in [2.45, 2.75) is 13.0 Å². The molecule has 0 atom stereocenters. The molecule has 0 saturated carbocycles. The van der Waals surface area contributed by atoms with E-state index >= 15 is 0 Å². The van der Waals surface area contributed by atoms with Crippen LogP contribution in [0.5, 0.6) is 0 Å². The smallest absolute Gasteiger partial charge is 0.338 e. The number of nitrogen functional groups attached to an aromatic ring is 1. The number of benzene rings is 3. The number of nitrogens with zero attached hydrogens (tertiary/aromatic N) is 2. The number of esters is 1. The van der Waals surface area contributed by atoms with Gasteiger partial charge in [0.25, 0.3) is 0 Å². The lowest BCUT2D eigenvalue weighted by Gasteiger charge is -2.07. The number of para-hydroxylation sites is 1. The number of anilines is 2. The van der Waals surface area contributed by atoms with E-state index in [1.807, 2.05) is 48.0 Å². The number of hydrogen-bond acceptors (Lipinski definition) is 6. The third kappa shape index (κ3) is 6.39. The fraction of sp³-hybridized carbons (Fsp3) is 0.154. The van der Waals surface area contributed by atoms with Gasteiger partial charge in [-0.3, -0.25) is 10.2 Å². The second kappa shape index (κ2) is 11.9. The SMILES string of the molecule is Cl.Cn1c(CNc2ccc(C(=N)N)cc2)nc2cc(C(=O)OCCC(=O)Nc3ccccc3)ccc21. The van der Waals surface area contributed by atoms with E-state index in [0.29, 0.717) is 28.9 Å². The average Bonchev–Trinajstić information content (AvgIpc) is 3.18. The van der Waals surface area contributed by atoms with Gasteiger partial charge in [0.05, 0.1) is 29.6 Å². The molecule has 0 fully saturated rings. The number of hydrogen-bond donors (Lipinski definition) is 4. The quantitative estimate of drug-likeness (QED) is 0.153. The predicted molar refractivity (Wildman–Crippen MR) is 143 cm³/mol. The van der Waals surface area contributed by atoms with Crippen molar-refractivity contribution in [2.24, 2.45) is 12.8 Å². The van der Waals surface area contributed by atoms with Crippen LogP contribution in [-0.4, -0.2) is 33.9 Å². The van der Waals surface area contributed by atoms with Crippen LogP contribution in [0.2, 0.25) is 0 Å². The first-order chi connectivity index (χ1) is 16.9. The molecule has 1 amide bonds. The summed E-state index contributed by atoms with van der Waals surface area (Å²) >= 11 is 0. The van der Waals surface area contributed by atoms with Gasteiger partial charge in [-0.05, 0) is 54.6 Å². The molecule has 0 aliphatic carbocycles. The van der Waals surface area contributed by atoms with Crippen molar-refractivity contribution in [3.8, 4) is 0 Å². The third-order valence-electron chi connectivity index (χ3n) is 5.48. The first-order valence-corrected chi connectivity index (χ1v) is 11.1. The highest BCUT2D eigenvalue weighted by molar-refractivity contribution is 5.95. The molecule has 4 aromatic rings. The van der Waals surface area contributed by atoms with E-state index in [9.17, 15) is 9.59 Å². The topological polar surface area (TPSA) is 135 Å². The van der Waals surface area contributed by atoms with E-state index in [2.05, 4.69) is 15.6 Å². The van der Waals surface area contributed by atoms with Crippen molar-refractivity contribution in [1.29, 1.82) is 5.41 Å². The van der Waals surface area contributed by atoms with Crippen molar-refractivity contribution >= 4 is 52.5 Å². The highest BCUT2D eigenvalue weighted by atomic mass is 35.5. The van der Waals surface area contributed by atoms with Crippen LogP contribution in [0.3, 0.4) is 0 Å². The normalized spacial score (nSPS) is 10.4. The number of nitrogens with two attached hydrogens (primary N) is 1. The molecule has 0 aliphatic rings. The Balaban J connectivity index is 0.00000361. The Morgan fingerprint density at radius 3 is 2.39 bits per heavy atom. The van der Waals surface area contributed by atoms with Gasteiger partial charge in [-0.2, -0.15) is 0 Å². The number of imidazole rings is 1. The number of aromatic nitrogens is 2. The van der Waals surface area contributed by atoms with Crippen molar-refractivity contribution in [3.05, 3.63) is 89.7 Å². The lowest BCUT2D eigenvalue weighted by atomic mass is 10.2. The maximum Gasteiger partial charge on any atom is 0.338 e. The number of amidine groups is 1. The second-order valence-corrected chi connectivity index (χ2v) is 7.94. The molecule has 5 N–H and O–H groups in total. The number of ether oxygens (including phenoxy) is 1. The number of amides is 1. The summed E-state index contributed by atoms with van der Waals surface area (Å²) in [5.41, 5.74) is 9.66. The lowest BCUT2D eigenvalue weighted by molar-refractivity contribution is -0.116. The van der Waals surface area contributed by atoms with Crippen LogP contribution in [0.25, 0.3) is 11.0 Å². The third-order valence-corrected chi connectivity index (χ3v) is 5.48. The average molecular weight is 507 g/mol. The fourth-order valence-electron chi connectivity index (χ4n) is 3.55. The zero-order valence-electron chi connectivity index (χ0n) is 19.7. The van der Waals surface area contributed by atoms with Crippen molar-refractivity contribution in [3.63, 3.8) is 0 Å². The van der Waals surface area contributed by atoms with Gasteiger partial charge in [0, 0.05) is 24.0 Å². The van der Waals surface area contributed by atoms with Gasteiger partial charge in [0.15, 0.2) is 0 Å². The summed E-state index contributed by atoms with van der Waals surface area (Å²) < 4.78 is 7.24. The number of nitrogens with one attached hydrogen (secondary N) is 3. The van der Waals surface area contributed by atoms with E-state index in [0.717, 1.165) is 17.0 Å². The number of rotatable bonds is 9. The Bertz CT molecular complexity index is 1370. The summed E-state index contributed by atoms with van der Waals surface area (Å²) in [6, 6.07) is 21.6. The van der Waals surface area contributed by atoms with E-state index < -0.39 is 5.97 Å². The molecule has 4 rings (SSSR count). The second-order valence-electron chi connectivity index (χ2n) is 7.94. The molecule has 1 aromatic heterocycles. The molecule has 0 radical (unpaired) electrons. The van der Waals surface area contributed by atoms with Crippen LogP contribution in [-0.2, 0) is 23.1 Å². The zero-order chi connectivity index (χ0) is 24.8. The summed E-state index contributed by atoms with van der Waals surface area (Å²) in [4.78, 5) is 29.1. The number of aryl methyl sites for hydroxylation is 1. The molecule has 0 spiro atoms. The highest BCUT2D eigenvalue weighted by Crippen LogP contribution is 2.19. The summed E-state index contributed by atoms with van der Waals surface area (Å²) in [6.07, 6.45) is 0.0652. The Morgan fingerprint density at radius 1 is 1.00 bits per heavy atom. The van der Waals surface area contributed by atoms with Crippen LogP contribution in [0, 0.1) is 5.41 Å². The zero-order valence-corrected chi connectivity index (χ0v) is 20.5. The fourth-order valence-corrected chi connectivity index (χ4v) is 3.55. The maximum atomic E-state index is 12.5. The molecule has 0 unspecified atom stereocenters. The highest BCUT2D eigenvalue weighted by Gasteiger charge is 2.13. The van der Waals surface area contributed by atoms with E-state index in [1.54, 1.807) is 36.4 Å². The van der Waals surface area contributed by atoms with Crippen LogP contribution in [0.15, 0.2) is 72.8 Å². The summed E-state index contributed by atoms with van der Waals surface area (Å²) in [7, 11) is 1.91. The largest absolute Gasteiger partial charge is 0.462 e. The van der Waals surface area contributed by atoms with Crippen LogP contribution in [0.4, 0.5) is 11.4 Å². The molecule has 0 saturated heterocycles. The van der Waals surface area contributed by atoms with Gasteiger partial charge >= 0.3 is 5.97 Å². The van der Waals surface area contributed by atoms with Crippen molar-refractivity contribution < 1.29 is 14.3 Å². The lowest BCUT2D eigenvalue weighted by Crippen LogP contribution is -2.16. The van der Waals surface area contributed by atoms with Gasteiger partial charge in [-0.25, -0.2) is 9.78 Å². The van der Waals surface area contributed by atoms with Gasteiger partial charge in [-0.1, -0.05) is 18.2 Å². The number of fused-ring (bicyclic) bond motifs is 1. The molecule has 10 heteroatoms. The number of carbonyl (C=O) groups is 2. The van der Waals surface area contributed by atoms with Gasteiger partial charge in [0.1, 0.15) is 18.3 Å². The van der Waals surface area contributed by atoms with Gasteiger partial charge < -0.3 is 25.7 Å². The van der Waals surface area contributed by atoms with Crippen LogP contribution in [0.1, 0.15) is 28.2 Å². The van der Waals surface area contributed by atoms with Gasteiger partial charge in [-0.15, -0.1) is 12.4 Å². The molecule has 186 valence electrons. The molecule has 9 nitrogen and oxygen atoms in total. The minimum atomic E-state index is -0.504. The molecule has 36 heavy (non-hydrogen) atoms. The predicted octanol–water partition coefficient (Wildman–Crippen LogP) is 4.08. The monoisotopic (exact) mass is 506 g/mol. The van der Waals surface area contributed by atoms with Crippen molar-refractivity contribution in [1.82, 2.24) is 9.55 Å². The first kappa shape index (κ1) is 26.2. The molecular formula is C26H27ClN6O3. The first-order valence-electron chi connectivity index (χ1n) is 11.1. The van der Waals surface area contributed by atoms with Gasteiger partial charge in [0.2, 0.25) is 5.91 Å². The molecule has 0 aliphatic heterocycles. The minimum Gasteiger partial charge on any atom is -0.462 e. The van der Waals surface area contributed by atoms with E-state index in [4.69, 9.17) is 15.9 Å². The molecular weight excluding hydrogens is 480 g/mol. The summed E-state index contributed by atoms with van der Waals surface area (Å²) in [5.74, 6) is 0.0861. The van der Waals surface area contributed by atoms with Crippen LogP contribution >= 0.6 is 12.4 Å². The van der Waals surface area contributed by atoms with Crippen LogP contribution < -0.4 is 16.4 Å². The minimum absolute atomic E-state index is 0. The Labute approximate surface area is 214 Å². The van der Waals surface area contributed by atoms with E-state index in [-0.39, 0.29) is 37.2 Å². The molecule has 3 aromatic carbocycles. The van der Waals surface area contributed by atoms with Crippen molar-refractivity contribution in [2.75, 3.05) is 17.2 Å². The maximum absolute atomic E-state index is 12.5.